The number of rotatable bonds is 7. The molecule has 0 unspecified atom stereocenters. The number of urea groups is 1. The molecular formula is C21H21FN2O6S. The van der Waals surface area contributed by atoms with Gasteiger partial charge in [0.2, 0.25) is 0 Å². The molecule has 2 aromatic carbocycles. The van der Waals surface area contributed by atoms with E-state index in [2.05, 4.69) is 10.6 Å². The predicted molar refractivity (Wildman–Crippen MR) is 110 cm³/mol. The summed E-state index contributed by atoms with van der Waals surface area (Å²) >= 11 is 0. The molecule has 0 aliphatic carbocycles. The van der Waals surface area contributed by atoms with Gasteiger partial charge < -0.3 is 20.1 Å². The van der Waals surface area contributed by atoms with Gasteiger partial charge in [-0.15, -0.1) is 0 Å². The second-order valence-electron chi connectivity index (χ2n) is 6.63. The molecule has 1 aliphatic heterocycles. The number of sulfone groups is 1. The van der Waals surface area contributed by atoms with Crippen LogP contribution in [0.4, 0.5) is 9.18 Å². The lowest BCUT2D eigenvalue weighted by Crippen LogP contribution is -2.47. The van der Waals surface area contributed by atoms with E-state index in [1.807, 2.05) is 0 Å². The maximum atomic E-state index is 13.2. The van der Waals surface area contributed by atoms with E-state index in [1.54, 1.807) is 31.2 Å². The van der Waals surface area contributed by atoms with Crippen molar-refractivity contribution in [2.75, 3.05) is 19.5 Å². The van der Waals surface area contributed by atoms with Gasteiger partial charge in [0.25, 0.3) is 0 Å². The minimum atomic E-state index is -4.00. The van der Waals surface area contributed by atoms with Crippen LogP contribution in [0.5, 0.6) is 5.75 Å². The number of amides is 2. The zero-order valence-electron chi connectivity index (χ0n) is 16.8. The van der Waals surface area contributed by atoms with E-state index >= 15 is 0 Å². The number of hydrogen-bond donors (Lipinski definition) is 2. The number of nitrogens with one attached hydrogen (secondary N) is 2. The van der Waals surface area contributed by atoms with E-state index in [0.29, 0.717) is 11.3 Å². The van der Waals surface area contributed by atoms with Gasteiger partial charge in [-0.3, -0.25) is 0 Å². The Morgan fingerprint density at radius 3 is 2.52 bits per heavy atom. The van der Waals surface area contributed by atoms with Gasteiger partial charge in [-0.05, 0) is 48.9 Å². The maximum absolute atomic E-state index is 13.2. The third-order valence-corrected chi connectivity index (χ3v) is 6.24. The van der Waals surface area contributed by atoms with Crippen molar-refractivity contribution in [1.29, 1.82) is 0 Å². The lowest BCUT2D eigenvalue weighted by molar-refractivity contribution is -0.139. The number of hydrogen-bond acceptors (Lipinski definition) is 6. The highest BCUT2D eigenvalue weighted by molar-refractivity contribution is 7.91. The van der Waals surface area contributed by atoms with Crippen LogP contribution in [0.3, 0.4) is 0 Å². The third-order valence-electron chi connectivity index (χ3n) is 4.58. The molecule has 3 rings (SSSR count). The summed E-state index contributed by atoms with van der Waals surface area (Å²) in [4.78, 5) is 25.0. The molecule has 8 nitrogen and oxygen atoms in total. The van der Waals surface area contributed by atoms with Crippen molar-refractivity contribution in [2.45, 2.75) is 17.9 Å². The van der Waals surface area contributed by atoms with Gasteiger partial charge in [0.1, 0.15) is 11.6 Å². The van der Waals surface area contributed by atoms with Crippen LogP contribution in [0.2, 0.25) is 0 Å². The molecule has 0 saturated heterocycles. The SMILES string of the molecule is CCOC(=O)C1=C(CS(=O)(=O)c2ccc(F)cc2)NC(=O)N[C@H]1c1cccc(OC)c1. The molecule has 0 radical (unpaired) electrons. The molecular weight excluding hydrogens is 427 g/mol. The van der Waals surface area contributed by atoms with E-state index in [1.165, 1.54) is 7.11 Å². The average molecular weight is 448 g/mol. The Balaban J connectivity index is 2.10. The molecule has 2 N–H and O–H groups in total. The number of carbonyl (C=O) groups excluding carboxylic acids is 2. The smallest absolute Gasteiger partial charge is 0.338 e. The highest BCUT2D eigenvalue weighted by Gasteiger charge is 2.35. The Hall–Kier alpha value is -3.40. The highest BCUT2D eigenvalue weighted by Crippen LogP contribution is 2.31. The minimum absolute atomic E-state index is 0.0413. The molecule has 10 heteroatoms. The zero-order valence-corrected chi connectivity index (χ0v) is 17.7. The zero-order chi connectivity index (χ0) is 22.6. The van der Waals surface area contributed by atoms with Crippen LogP contribution in [0.15, 0.2) is 64.7 Å². The average Bonchev–Trinajstić information content (AvgIpc) is 2.73. The van der Waals surface area contributed by atoms with Crippen molar-refractivity contribution >= 4 is 21.8 Å². The maximum Gasteiger partial charge on any atom is 0.338 e. The molecule has 0 saturated carbocycles. The van der Waals surface area contributed by atoms with Gasteiger partial charge >= 0.3 is 12.0 Å². The first-order chi connectivity index (χ1) is 14.7. The standard InChI is InChI=1S/C21H21FN2O6S/c1-3-30-20(25)18-17(12-31(27,28)16-9-7-14(22)8-10-16)23-21(26)24-19(18)13-5-4-6-15(11-13)29-2/h4-11,19H,3,12H2,1-2H3,(H2,23,24,26)/t19-/m0/s1. The lowest BCUT2D eigenvalue weighted by atomic mass is 9.95. The van der Waals surface area contributed by atoms with Gasteiger partial charge in [-0.25, -0.2) is 22.4 Å². The fraction of sp³-hybridized carbons (Fsp3) is 0.238. The second-order valence-corrected chi connectivity index (χ2v) is 8.62. The predicted octanol–water partition coefficient (Wildman–Crippen LogP) is 2.48. The Kier molecular flexibility index (Phi) is 6.59. The highest BCUT2D eigenvalue weighted by atomic mass is 32.2. The fourth-order valence-corrected chi connectivity index (χ4v) is 4.49. The van der Waals surface area contributed by atoms with Crippen LogP contribution < -0.4 is 15.4 Å². The Morgan fingerprint density at radius 1 is 1.16 bits per heavy atom. The first-order valence-corrected chi connectivity index (χ1v) is 11.0. The molecule has 1 aliphatic rings. The second kappa shape index (κ2) is 9.17. The normalized spacial score (nSPS) is 16.4. The minimum Gasteiger partial charge on any atom is -0.497 e. The number of benzene rings is 2. The van der Waals surface area contributed by atoms with Crippen molar-refractivity contribution in [3.05, 3.63) is 71.2 Å². The molecule has 31 heavy (non-hydrogen) atoms. The van der Waals surface area contributed by atoms with Crippen LogP contribution in [-0.2, 0) is 19.4 Å². The molecule has 2 aromatic rings. The van der Waals surface area contributed by atoms with E-state index in [-0.39, 0.29) is 22.8 Å². The number of methoxy groups -OCH3 is 1. The first kappa shape index (κ1) is 22.3. The molecule has 0 bridgehead atoms. The quantitative estimate of drug-likeness (QED) is 0.497. The monoisotopic (exact) mass is 448 g/mol. The summed E-state index contributed by atoms with van der Waals surface area (Å²) < 4.78 is 49.3. The summed E-state index contributed by atoms with van der Waals surface area (Å²) in [6.07, 6.45) is 0. The number of halogens is 1. The molecule has 164 valence electrons. The van der Waals surface area contributed by atoms with Crippen LogP contribution in [0.1, 0.15) is 18.5 Å². The molecule has 0 fully saturated rings. The van der Waals surface area contributed by atoms with Gasteiger partial charge in [0.05, 0.1) is 36.0 Å². The fourth-order valence-electron chi connectivity index (χ4n) is 3.17. The van der Waals surface area contributed by atoms with Crippen molar-refractivity contribution in [3.8, 4) is 5.75 Å². The van der Waals surface area contributed by atoms with Crippen LogP contribution in [-0.4, -0.2) is 39.9 Å². The number of esters is 1. The molecule has 2 amide bonds. The Labute approximate surface area is 179 Å². The van der Waals surface area contributed by atoms with Crippen molar-refractivity contribution < 1.29 is 31.9 Å². The summed E-state index contributed by atoms with van der Waals surface area (Å²) in [5, 5.41) is 5.04. The first-order valence-electron chi connectivity index (χ1n) is 9.35. The summed E-state index contributed by atoms with van der Waals surface area (Å²) in [5.41, 5.74) is 0.355. The van der Waals surface area contributed by atoms with Gasteiger partial charge in [0, 0.05) is 5.70 Å². The molecule has 0 aromatic heterocycles. The van der Waals surface area contributed by atoms with Crippen LogP contribution in [0.25, 0.3) is 0 Å². The Bertz CT molecular complexity index is 1130. The number of carbonyl (C=O) groups is 2. The Morgan fingerprint density at radius 2 is 1.87 bits per heavy atom. The lowest BCUT2D eigenvalue weighted by Gasteiger charge is -2.29. The number of ether oxygens (including phenoxy) is 2. The summed E-state index contributed by atoms with van der Waals surface area (Å²) in [5.74, 6) is -1.54. The van der Waals surface area contributed by atoms with Crippen molar-refractivity contribution in [1.82, 2.24) is 10.6 Å². The van der Waals surface area contributed by atoms with Crippen LogP contribution in [0, 0.1) is 5.82 Å². The van der Waals surface area contributed by atoms with Crippen molar-refractivity contribution in [2.24, 2.45) is 0 Å². The molecule has 0 spiro atoms. The van der Waals surface area contributed by atoms with Gasteiger partial charge in [-0.2, -0.15) is 0 Å². The topological polar surface area (TPSA) is 111 Å². The van der Waals surface area contributed by atoms with E-state index in [9.17, 15) is 22.4 Å². The van der Waals surface area contributed by atoms with Gasteiger partial charge in [-0.1, -0.05) is 12.1 Å². The van der Waals surface area contributed by atoms with Crippen LogP contribution >= 0.6 is 0 Å². The summed E-state index contributed by atoms with van der Waals surface area (Å²) in [7, 11) is -2.52. The summed E-state index contributed by atoms with van der Waals surface area (Å²) in [6, 6.07) is 9.33. The van der Waals surface area contributed by atoms with Crippen molar-refractivity contribution in [3.63, 3.8) is 0 Å². The molecule has 1 heterocycles. The van der Waals surface area contributed by atoms with E-state index < -0.39 is 39.4 Å². The van der Waals surface area contributed by atoms with E-state index in [4.69, 9.17) is 9.47 Å². The largest absolute Gasteiger partial charge is 0.497 e. The third kappa shape index (κ3) is 5.02. The van der Waals surface area contributed by atoms with Gasteiger partial charge in [0.15, 0.2) is 9.84 Å². The summed E-state index contributed by atoms with van der Waals surface area (Å²) in [6.45, 7) is 1.67. The van der Waals surface area contributed by atoms with E-state index in [0.717, 1.165) is 24.3 Å². The molecule has 1 atom stereocenters.